The van der Waals surface area contributed by atoms with E-state index in [1.165, 1.54) is 12.3 Å². The summed E-state index contributed by atoms with van der Waals surface area (Å²) in [6.45, 7) is 1.97. The van der Waals surface area contributed by atoms with Crippen molar-refractivity contribution in [2.24, 2.45) is 5.92 Å². The summed E-state index contributed by atoms with van der Waals surface area (Å²) in [6.07, 6.45) is 1.49. The fraction of sp³-hybridized carbons (Fsp3) is 0.455. The van der Waals surface area contributed by atoms with Crippen LogP contribution in [-0.2, 0) is 9.53 Å². The number of rotatable bonds is 4. The maximum absolute atomic E-state index is 11.0. The Morgan fingerprint density at radius 1 is 1.63 bits per heavy atom. The molecule has 1 aliphatic rings. The van der Waals surface area contributed by atoms with Crippen LogP contribution < -0.4 is 5.32 Å². The molecule has 102 valence electrons. The average Bonchev–Trinajstić information content (AvgIpc) is 2.79. The number of anilines is 1. The summed E-state index contributed by atoms with van der Waals surface area (Å²) in [7, 11) is 0. The van der Waals surface area contributed by atoms with Crippen molar-refractivity contribution in [2.75, 3.05) is 18.5 Å². The van der Waals surface area contributed by atoms with Gasteiger partial charge in [0.2, 0.25) is 5.82 Å². The molecule has 1 saturated heterocycles. The van der Waals surface area contributed by atoms with Crippen LogP contribution in [0.25, 0.3) is 0 Å². The Morgan fingerprint density at radius 2 is 2.37 bits per heavy atom. The highest BCUT2D eigenvalue weighted by Gasteiger charge is 2.35. The Balaban J connectivity index is 2.23. The lowest BCUT2D eigenvalue weighted by molar-refractivity contribution is -0.384. The van der Waals surface area contributed by atoms with Crippen molar-refractivity contribution in [3.05, 3.63) is 27.9 Å². The third-order valence-electron chi connectivity index (χ3n) is 2.92. The average molecular weight is 267 g/mol. The molecule has 2 rings (SSSR count). The van der Waals surface area contributed by atoms with Gasteiger partial charge in [0.15, 0.2) is 0 Å². The largest absolute Gasteiger partial charge is 0.481 e. The Morgan fingerprint density at radius 3 is 3.00 bits per heavy atom. The SMILES string of the molecule is Cc1cnc(NC2COCC2C(=O)O)c([N+](=O)[O-])c1. The molecule has 2 unspecified atom stereocenters. The number of nitrogens with one attached hydrogen (secondary N) is 1. The smallest absolute Gasteiger partial charge is 0.311 e. The van der Waals surface area contributed by atoms with Crippen LogP contribution in [0.3, 0.4) is 0 Å². The van der Waals surface area contributed by atoms with Crippen molar-refractivity contribution in [2.45, 2.75) is 13.0 Å². The minimum atomic E-state index is -0.996. The number of hydrogen-bond donors (Lipinski definition) is 2. The minimum absolute atomic E-state index is 0.0670. The van der Waals surface area contributed by atoms with E-state index in [1.807, 2.05) is 0 Å². The van der Waals surface area contributed by atoms with Gasteiger partial charge in [0.05, 0.1) is 24.2 Å². The molecule has 1 aromatic rings. The van der Waals surface area contributed by atoms with Gasteiger partial charge in [-0.1, -0.05) is 0 Å². The Kier molecular flexibility index (Phi) is 3.61. The van der Waals surface area contributed by atoms with Gasteiger partial charge in [-0.2, -0.15) is 0 Å². The first-order chi connectivity index (χ1) is 8.99. The van der Waals surface area contributed by atoms with Crippen molar-refractivity contribution in [1.29, 1.82) is 0 Å². The molecule has 8 nitrogen and oxygen atoms in total. The Bertz CT molecular complexity index is 519. The molecule has 0 aliphatic carbocycles. The maximum atomic E-state index is 11.0. The number of hydrogen-bond acceptors (Lipinski definition) is 6. The number of aryl methyl sites for hydroxylation is 1. The van der Waals surface area contributed by atoms with Gasteiger partial charge < -0.3 is 15.2 Å². The van der Waals surface area contributed by atoms with Gasteiger partial charge >= 0.3 is 11.7 Å². The third kappa shape index (κ3) is 2.79. The molecule has 0 bridgehead atoms. The van der Waals surface area contributed by atoms with Crippen molar-refractivity contribution < 1.29 is 19.6 Å². The van der Waals surface area contributed by atoms with Crippen LogP contribution in [0.4, 0.5) is 11.5 Å². The zero-order chi connectivity index (χ0) is 14.0. The number of aliphatic carboxylic acids is 1. The van der Waals surface area contributed by atoms with E-state index >= 15 is 0 Å². The molecule has 0 aromatic carbocycles. The predicted octanol–water partition coefficient (Wildman–Crippen LogP) is 0.810. The van der Waals surface area contributed by atoms with Crippen LogP contribution in [-0.4, -0.2) is 40.2 Å². The highest BCUT2D eigenvalue weighted by molar-refractivity contribution is 5.72. The van der Waals surface area contributed by atoms with Crippen LogP contribution >= 0.6 is 0 Å². The number of carboxylic acid groups (broad SMARTS) is 1. The Hall–Kier alpha value is -2.22. The van der Waals surface area contributed by atoms with Crippen LogP contribution in [0.5, 0.6) is 0 Å². The second-order valence-electron chi connectivity index (χ2n) is 4.37. The normalized spacial score (nSPS) is 22.2. The molecule has 19 heavy (non-hydrogen) atoms. The highest BCUT2D eigenvalue weighted by Crippen LogP contribution is 2.26. The monoisotopic (exact) mass is 267 g/mol. The third-order valence-corrected chi connectivity index (χ3v) is 2.92. The van der Waals surface area contributed by atoms with E-state index in [2.05, 4.69) is 10.3 Å². The van der Waals surface area contributed by atoms with Crippen LogP contribution in [0.1, 0.15) is 5.56 Å². The maximum Gasteiger partial charge on any atom is 0.311 e. The van der Waals surface area contributed by atoms with E-state index < -0.39 is 22.9 Å². The number of carboxylic acids is 1. The van der Waals surface area contributed by atoms with Crippen LogP contribution in [0, 0.1) is 23.0 Å². The van der Waals surface area contributed by atoms with Crippen molar-refractivity contribution in [1.82, 2.24) is 4.98 Å². The van der Waals surface area contributed by atoms with E-state index in [0.29, 0.717) is 5.56 Å². The van der Waals surface area contributed by atoms with E-state index in [0.717, 1.165) is 0 Å². The highest BCUT2D eigenvalue weighted by atomic mass is 16.6. The summed E-state index contributed by atoms with van der Waals surface area (Å²) in [5.74, 6) is -1.66. The second-order valence-corrected chi connectivity index (χ2v) is 4.37. The molecule has 2 heterocycles. The molecule has 0 radical (unpaired) electrons. The molecular formula is C11H13N3O5. The summed E-state index contributed by atoms with van der Waals surface area (Å²) in [5.41, 5.74) is 0.491. The molecule has 2 N–H and O–H groups in total. The second kappa shape index (κ2) is 5.19. The first kappa shape index (κ1) is 13.2. The van der Waals surface area contributed by atoms with Gasteiger partial charge in [0, 0.05) is 12.3 Å². The van der Waals surface area contributed by atoms with Gasteiger partial charge in [0.1, 0.15) is 5.92 Å². The minimum Gasteiger partial charge on any atom is -0.481 e. The topological polar surface area (TPSA) is 115 Å². The van der Waals surface area contributed by atoms with E-state index in [9.17, 15) is 14.9 Å². The Labute approximate surface area is 108 Å². The molecule has 0 saturated carbocycles. The number of carbonyl (C=O) groups is 1. The van der Waals surface area contributed by atoms with Crippen molar-refractivity contribution >= 4 is 17.5 Å². The van der Waals surface area contributed by atoms with Crippen molar-refractivity contribution in [3.63, 3.8) is 0 Å². The zero-order valence-corrected chi connectivity index (χ0v) is 10.2. The molecule has 2 atom stereocenters. The van der Waals surface area contributed by atoms with Gasteiger partial charge in [-0.3, -0.25) is 14.9 Å². The lowest BCUT2D eigenvalue weighted by atomic mass is 10.0. The first-order valence-electron chi connectivity index (χ1n) is 5.67. The summed E-state index contributed by atoms with van der Waals surface area (Å²) in [5, 5.41) is 22.7. The summed E-state index contributed by atoms with van der Waals surface area (Å²) in [6, 6.07) is 0.868. The molecule has 1 aliphatic heterocycles. The molecule has 0 amide bonds. The summed E-state index contributed by atoms with van der Waals surface area (Å²) < 4.78 is 5.09. The molecule has 8 heteroatoms. The van der Waals surface area contributed by atoms with Gasteiger partial charge in [-0.25, -0.2) is 4.98 Å². The number of nitro groups is 1. The number of ether oxygens (including phenoxy) is 1. The van der Waals surface area contributed by atoms with Crippen LogP contribution in [0.15, 0.2) is 12.3 Å². The molecule has 0 spiro atoms. The fourth-order valence-electron chi connectivity index (χ4n) is 1.92. The van der Waals surface area contributed by atoms with Gasteiger partial charge in [-0.05, 0) is 12.5 Å². The standard InChI is InChI=1S/C11H13N3O5/c1-6-2-9(14(17)18)10(12-3-6)13-8-5-19-4-7(8)11(15)16/h2-3,7-8H,4-5H2,1H3,(H,12,13)(H,15,16). The molecule has 1 aromatic heterocycles. The zero-order valence-electron chi connectivity index (χ0n) is 10.2. The lowest BCUT2D eigenvalue weighted by Gasteiger charge is -2.16. The van der Waals surface area contributed by atoms with Crippen molar-refractivity contribution in [3.8, 4) is 0 Å². The molecule has 1 fully saturated rings. The van der Waals surface area contributed by atoms with Gasteiger partial charge in [0.25, 0.3) is 0 Å². The quantitative estimate of drug-likeness (QED) is 0.612. The predicted molar refractivity (Wildman–Crippen MR) is 65.0 cm³/mol. The first-order valence-corrected chi connectivity index (χ1v) is 5.67. The summed E-state index contributed by atoms with van der Waals surface area (Å²) in [4.78, 5) is 25.3. The number of aromatic nitrogens is 1. The summed E-state index contributed by atoms with van der Waals surface area (Å²) >= 11 is 0. The van der Waals surface area contributed by atoms with Gasteiger partial charge in [-0.15, -0.1) is 0 Å². The van der Waals surface area contributed by atoms with E-state index in [4.69, 9.17) is 9.84 Å². The number of nitrogens with zero attached hydrogens (tertiary/aromatic N) is 2. The fourth-order valence-corrected chi connectivity index (χ4v) is 1.92. The van der Waals surface area contributed by atoms with Crippen LogP contribution in [0.2, 0.25) is 0 Å². The molecular weight excluding hydrogens is 254 g/mol. The van der Waals surface area contributed by atoms with E-state index in [1.54, 1.807) is 6.92 Å². The van der Waals surface area contributed by atoms with E-state index in [-0.39, 0.29) is 24.7 Å². The lowest BCUT2D eigenvalue weighted by Crippen LogP contribution is -2.33. The number of pyridine rings is 1.